The summed E-state index contributed by atoms with van der Waals surface area (Å²) in [5.41, 5.74) is 7.24. The largest absolute Gasteiger partial charge is 0.480 e. The number of benzene rings is 1. The number of hydrogen-bond acceptors (Lipinski definition) is 4. The maximum atomic E-state index is 10.9. The number of hydrogen-bond donors (Lipinski definition) is 2. The van der Waals surface area contributed by atoms with E-state index in [1.54, 1.807) is 6.92 Å². The zero-order chi connectivity index (χ0) is 13.3. The van der Waals surface area contributed by atoms with Gasteiger partial charge in [-0.1, -0.05) is 28.1 Å². The van der Waals surface area contributed by atoms with Crippen LogP contribution in [0.25, 0.3) is 10.6 Å². The first kappa shape index (κ1) is 13.2. The molecule has 0 saturated heterocycles. The molecule has 4 nitrogen and oxygen atoms in total. The van der Waals surface area contributed by atoms with Gasteiger partial charge in [0, 0.05) is 10.0 Å². The summed E-state index contributed by atoms with van der Waals surface area (Å²) in [6.45, 7) is 1.77. The molecule has 3 N–H and O–H groups in total. The van der Waals surface area contributed by atoms with Crippen molar-refractivity contribution in [3.8, 4) is 10.6 Å². The van der Waals surface area contributed by atoms with Gasteiger partial charge < -0.3 is 10.8 Å². The summed E-state index contributed by atoms with van der Waals surface area (Å²) in [7, 11) is 0. The third-order valence-corrected chi connectivity index (χ3v) is 4.24. The van der Waals surface area contributed by atoms with E-state index in [4.69, 9.17) is 10.8 Å². The molecule has 0 bridgehead atoms. The second-order valence-corrected chi connectivity index (χ2v) is 5.74. The predicted molar refractivity (Wildman–Crippen MR) is 74.6 cm³/mol. The first-order valence-electron chi connectivity index (χ1n) is 5.20. The Hall–Kier alpha value is -1.24. The number of rotatable bonds is 3. The van der Waals surface area contributed by atoms with Crippen molar-refractivity contribution in [2.45, 2.75) is 13.0 Å². The molecule has 0 saturated carbocycles. The van der Waals surface area contributed by atoms with Crippen LogP contribution in [0.5, 0.6) is 0 Å². The predicted octanol–water partition coefficient (Wildman–Crippen LogP) is 2.97. The molecule has 1 atom stereocenters. The maximum absolute atomic E-state index is 10.9. The molecule has 0 aliphatic heterocycles. The number of aliphatic carboxylic acids is 1. The topological polar surface area (TPSA) is 76.2 Å². The summed E-state index contributed by atoms with van der Waals surface area (Å²) in [6, 6.07) is 6.69. The highest BCUT2D eigenvalue weighted by Gasteiger charge is 2.21. The Kier molecular flexibility index (Phi) is 3.79. The minimum absolute atomic E-state index is 0.595. The summed E-state index contributed by atoms with van der Waals surface area (Å²) >= 11 is 4.71. The van der Waals surface area contributed by atoms with E-state index < -0.39 is 12.0 Å². The van der Waals surface area contributed by atoms with Crippen LogP contribution in [0.2, 0.25) is 0 Å². The van der Waals surface area contributed by atoms with Crippen LogP contribution in [0.15, 0.2) is 28.7 Å². The van der Waals surface area contributed by atoms with Gasteiger partial charge in [-0.2, -0.15) is 0 Å². The van der Waals surface area contributed by atoms with Crippen molar-refractivity contribution in [2.75, 3.05) is 0 Å². The van der Waals surface area contributed by atoms with E-state index in [2.05, 4.69) is 20.9 Å². The minimum atomic E-state index is -1.04. The van der Waals surface area contributed by atoms with Crippen LogP contribution >= 0.6 is 27.3 Å². The van der Waals surface area contributed by atoms with Gasteiger partial charge in [0.2, 0.25) is 0 Å². The lowest BCUT2D eigenvalue weighted by Crippen LogP contribution is -2.20. The quantitative estimate of drug-likeness (QED) is 0.909. The number of halogens is 1. The Labute approximate surface area is 117 Å². The fraction of sp³-hybridized carbons (Fsp3) is 0.167. The molecule has 6 heteroatoms. The first-order chi connectivity index (χ1) is 8.49. The fourth-order valence-corrected chi connectivity index (χ4v) is 3.01. The van der Waals surface area contributed by atoms with Crippen molar-refractivity contribution in [1.29, 1.82) is 0 Å². The van der Waals surface area contributed by atoms with Gasteiger partial charge in [-0.15, -0.1) is 11.3 Å². The molecule has 1 aromatic carbocycles. The molecule has 18 heavy (non-hydrogen) atoms. The van der Waals surface area contributed by atoms with Gasteiger partial charge in [0.1, 0.15) is 11.0 Å². The third-order valence-electron chi connectivity index (χ3n) is 2.45. The van der Waals surface area contributed by atoms with Crippen molar-refractivity contribution in [3.05, 3.63) is 39.3 Å². The van der Waals surface area contributed by atoms with Crippen LogP contribution in [0.1, 0.15) is 16.6 Å². The number of thiazole rings is 1. The van der Waals surface area contributed by atoms with Gasteiger partial charge in [-0.3, -0.25) is 4.79 Å². The molecule has 2 aromatic rings. The van der Waals surface area contributed by atoms with E-state index in [-0.39, 0.29) is 0 Å². The number of carboxylic acid groups (broad SMARTS) is 1. The van der Waals surface area contributed by atoms with Crippen molar-refractivity contribution < 1.29 is 9.90 Å². The number of carboxylic acids is 1. The van der Waals surface area contributed by atoms with Gasteiger partial charge in [0.05, 0.1) is 10.6 Å². The monoisotopic (exact) mass is 326 g/mol. The molecule has 0 radical (unpaired) electrons. The molecule has 94 valence electrons. The van der Waals surface area contributed by atoms with Gasteiger partial charge >= 0.3 is 5.97 Å². The molecule has 0 amide bonds. The SMILES string of the molecule is Cc1nc(-c2cccc(Br)c2)sc1C(N)C(=O)O. The molecular formula is C12H11BrN2O2S. The Balaban J connectivity index is 2.43. The van der Waals surface area contributed by atoms with Gasteiger partial charge in [-0.05, 0) is 19.1 Å². The average molecular weight is 327 g/mol. The maximum Gasteiger partial charge on any atom is 0.326 e. The molecule has 0 spiro atoms. The van der Waals surface area contributed by atoms with Crippen molar-refractivity contribution in [3.63, 3.8) is 0 Å². The van der Waals surface area contributed by atoms with E-state index >= 15 is 0 Å². The lowest BCUT2D eigenvalue weighted by molar-refractivity contribution is -0.138. The first-order valence-corrected chi connectivity index (χ1v) is 6.81. The Morgan fingerprint density at radius 2 is 2.28 bits per heavy atom. The second kappa shape index (κ2) is 5.17. The summed E-state index contributed by atoms with van der Waals surface area (Å²) in [6.07, 6.45) is 0. The van der Waals surface area contributed by atoms with Crippen LogP contribution in [-0.4, -0.2) is 16.1 Å². The number of nitrogens with zero attached hydrogens (tertiary/aromatic N) is 1. The van der Waals surface area contributed by atoms with E-state index in [0.717, 1.165) is 15.0 Å². The molecular weight excluding hydrogens is 316 g/mol. The van der Waals surface area contributed by atoms with Crippen molar-refractivity contribution >= 4 is 33.2 Å². The molecule has 1 heterocycles. The summed E-state index contributed by atoms with van der Waals surface area (Å²) in [4.78, 5) is 15.9. The molecule has 1 unspecified atom stereocenters. The lowest BCUT2D eigenvalue weighted by atomic mass is 10.2. The molecule has 0 aliphatic carbocycles. The van der Waals surface area contributed by atoms with Gasteiger partial charge in [0.25, 0.3) is 0 Å². The van der Waals surface area contributed by atoms with Crippen LogP contribution in [-0.2, 0) is 4.79 Å². The summed E-state index contributed by atoms with van der Waals surface area (Å²) in [5.74, 6) is -1.04. The Bertz CT molecular complexity index is 598. The number of nitrogens with two attached hydrogens (primary N) is 1. The molecule has 0 fully saturated rings. The zero-order valence-corrected chi connectivity index (χ0v) is 12.0. The van der Waals surface area contributed by atoms with Crippen LogP contribution in [0, 0.1) is 6.92 Å². The summed E-state index contributed by atoms with van der Waals surface area (Å²) in [5, 5.41) is 9.71. The van der Waals surface area contributed by atoms with E-state index in [9.17, 15) is 4.79 Å². The zero-order valence-electron chi connectivity index (χ0n) is 9.55. The average Bonchev–Trinajstić information content (AvgIpc) is 2.70. The molecule has 0 aliphatic rings. The van der Waals surface area contributed by atoms with E-state index in [1.165, 1.54) is 11.3 Å². The van der Waals surface area contributed by atoms with E-state index in [0.29, 0.717) is 10.6 Å². The van der Waals surface area contributed by atoms with Crippen LogP contribution in [0.3, 0.4) is 0 Å². The number of carbonyl (C=O) groups is 1. The van der Waals surface area contributed by atoms with E-state index in [1.807, 2.05) is 24.3 Å². The highest BCUT2D eigenvalue weighted by Crippen LogP contribution is 2.32. The second-order valence-electron chi connectivity index (χ2n) is 3.79. The normalized spacial score (nSPS) is 12.4. The highest BCUT2D eigenvalue weighted by molar-refractivity contribution is 9.10. The fourth-order valence-electron chi connectivity index (χ4n) is 1.55. The smallest absolute Gasteiger partial charge is 0.326 e. The minimum Gasteiger partial charge on any atom is -0.480 e. The highest BCUT2D eigenvalue weighted by atomic mass is 79.9. The third kappa shape index (κ3) is 2.60. The number of aromatic nitrogens is 1. The Morgan fingerprint density at radius 1 is 1.56 bits per heavy atom. The summed E-state index contributed by atoms with van der Waals surface area (Å²) < 4.78 is 0.955. The standard InChI is InChI=1S/C12H11BrN2O2S/c1-6-10(9(14)12(16)17)18-11(15-6)7-3-2-4-8(13)5-7/h2-5,9H,14H2,1H3,(H,16,17). The van der Waals surface area contributed by atoms with Crippen molar-refractivity contribution in [2.24, 2.45) is 5.73 Å². The van der Waals surface area contributed by atoms with Gasteiger partial charge in [-0.25, -0.2) is 4.98 Å². The van der Waals surface area contributed by atoms with Crippen molar-refractivity contribution in [1.82, 2.24) is 4.98 Å². The van der Waals surface area contributed by atoms with Crippen LogP contribution in [0.4, 0.5) is 0 Å². The number of aryl methyl sites for hydroxylation is 1. The molecule has 1 aromatic heterocycles. The Morgan fingerprint density at radius 3 is 2.89 bits per heavy atom. The van der Waals surface area contributed by atoms with Crippen LogP contribution < -0.4 is 5.73 Å². The lowest BCUT2D eigenvalue weighted by Gasteiger charge is -2.02. The molecule has 2 rings (SSSR count). The van der Waals surface area contributed by atoms with Gasteiger partial charge in [0.15, 0.2) is 0 Å².